The van der Waals surface area contributed by atoms with Crippen molar-refractivity contribution in [2.45, 2.75) is 18.0 Å². The van der Waals surface area contributed by atoms with Crippen LogP contribution in [0.25, 0.3) is 22.4 Å². The number of primary sulfonamides is 1. The van der Waals surface area contributed by atoms with Gasteiger partial charge in [-0.15, -0.1) is 0 Å². The van der Waals surface area contributed by atoms with Crippen LogP contribution in [0.3, 0.4) is 0 Å². The van der Waals surface area contributed by atoms with E-state index in [0.717, 1.165) is 0 Å². The first-order valence-corrected chi connectivity index (χ1v) is 8.97. The average Bonchev–Trinajstić information content (AvgIpc) is 2.98. The first-order valence-electron chi connectivity index (χ1n) is 7.42. The fourth-order valence-corrected chi connectivity index (χ4v) is 3.31. The minimum atomic E-state index is -5.04. The number of pyridine rings is 1. The fraction of sp³-hybridized carbons (Fsp3) is 0.125. The Morgan fingerprint density at radius 1 is 1.14 bits per heavy atom. The van der Waals surface area contributed by atoms with Gasteiger partial charge in [0.15, 0.2) is 4.90 Å². The molecular formula is C16H10F5N3O3S. The molecule has 0 saturated heterocycles. The highest BCUT2D eigenvalue weighted by molar-refractivity contribution is 7.89. The van der Waals surface area contributed by atoms with E-state index in [1.54, 1.807) is 0 Å². The number of nitrogens with two attached hydrogens (primary N) is 1. The SMILES string of the molecule is Cc1ncccc1-c1noc(C(F)(F)F)c1-c1cc(F)c(S(N)(=O)=O)c(F)c1. The molecule has 2 aromatic heterocycles. The largest absolute Gasteiger partial charge is 0.453 e. The smallest absolute Gasteiger partial charge is 0.350 e. The Hall–Kier alpha value is -2.86. The number of alkyl halides is 3. The van der Waals surface area contributed by atoms with Crippen LogP contribution in [0, 0.1) is 18.6 Å². The van der Waals surface area contributed by atoms with Gasteiger partial charge in [0.1, 0.15) is 17.3 Å². The molecule has 2 heterocycles. The molecule has 0 atom stereocenters. The maximum atomic E-state index is 14.2. The summed E-state index contributed by atoms with van der Waals surface area (Å²) in [5.74, 6) is -4.91. The molecule has 28 heavy (non-hydrogen) atoms. The second-order valence-electron chi connectivity index (χ2n) is 5.68. The number of nitrogens with zero attached hydrogens (tertiary/aromatic N) is 2. The van der Waals surface area contributed by atoms with Crippen molar-refractivity contribution >= 4 is 10.0 Å². The molecule has 0 amide bonds. The number of aryl methyl sites for hydroxylation is 1. The number of halogens is 5. The minimum absolute atomic E-state index is 0.132. The third kappa shape index (κ3) is 3.47. The van der Waals surface area contributed by atoms with Gasteiger partial charge in [0.2, 0.25) is 15.8 Å². The molecule has 0 aliphatic carbocycles. The van der Waals surface area contributed by atoms with Crippen molar-refractivity contribution < 1.29 is 34.9 Å². The first kappa shape index (κ1) is 19.9. The zero-order valence-electron chi connectivity index (χ0n) is 13.9. The van der Waals surface area contributed by atoms with Gasteiger partial charge < -0.3 is 4.52 Å². The molecule has 0 unspecified atom stereocenters. The zero-order chi connectivity index (χ0) is 20.9. The summed E-state index contributed by atoms with van der Waals surface area (Å²) in [5, 5.41) is 8.14. The zero-order valence-corrected chi connectivity index (χ0v) is 14.7. The second-order valence-corrected chi connectivity index (χ2v) is 7.18. The third-order valence-electron chi connectivity index (χ3n) is 3.78. The van der Waals surface area contributed by atoms with Crippen LogP contribution in [-0.4, -0.2) is 18.6 Å². The van der Waals surface area contributed by atoms with E-state index in [1.807, 2.05) is 0 Å². The van der Waals surface area contributed by atoms with Crippen LogP contribution in [0.15, 0.2) is 39.9 Å². The van der Waals surface area contributed by atoms with Gasteiger partial charge in [-0.3, -0.25) is 4.98 Å². The number of sulfonamides is 1. The molecule has 3 rings (SSSR count). The van der Waals surface area contributed by atoms with Crippen molar-refractivity contribution in [3.05, 3.63) is 53.6 Å². The monoisotopic (exact) mass is 419 g/mol. The van der Waals surface area contributed by atoms with Crippen LogP contribution in [0.2, 0.25) is 0 Å². The van der Waals surface area contributed by atoms with Crippen molar-refractivity contribution in [3.63, 3.8) is 0 Å². The summed E-state index contributed by atoms with van der Waals surface area (Å²) in [6, 6.07) is 3.66. The quantitative estimate of drug-likeness (QED) is 0.654. The maximum Gasteiger partial charge on any atom is 0.453 e. The van der Waals surface area contributed by atoms with E-state index in [4.69, 9.17) is 5.14 Å². The summed E-state index contributed by atoms with van der Waals surface area (Å²) >= 11 is 0. The summed E-state index contributed by atoms with van der Waals surface area (Å²) in [6.45, 7) is 1.49. The Morgan fingerprint density at radius 3 is 2.25 bits per heavy atom. The van der Waals surface area contributed by atoms with E-state index in [2.05, 4.69) is 14.7 Å². The lowest BCUT2D eigenvalue weighted by molar-refractivity contribution is -0.154. The molecule has 0 aliphatic heterocycles. The summed E-state index contributed by atoms with van der Waals surface area (Å²) in [6.07, 6.45) is -3.65. The number of hydrogen-bond acceptors (Lipinski definition) is 5. The van der Waals surface area contributed by atoms with E-state index in [9.17, 15) is 30.4 Å². The predicted octanol–water partition coefficient (Wildman–Crippen LogP) is 3.66. The molecule has 6 nitrogen and oxygen atoms in total. The number of aromatic nitrogens is 2. The first-order chi connectivity index (χ1) is 12.9. The van der Waals surface area contributed by atoms with Gasteiger partial charge in [-0.2, -0.15) is 13.2 Å². The molecule has 12 heteroatoms. The molecule has 0 saturated carbocycles. The lowest BCUT2D eigenvalue weighted by Crippen LogP contribution is -2.16. The lowest BCUT2D eigenvalue weighted by Gasteiger charge is -2.10. The predicted molar refractivity (Wildman–Crippen MR) is 86.2 cm³/mol. The fourth-order valence-electron chi connectivity index (χ4n) is 2.65. The highest BCUT2D eigenvalue weighted by Gasteiger charge is 2.41. The van der Waals surface area contributed by atoms with E-state index < -0.39 is 49.6 Å². The maximum absolute atomic E-state index is 14.2. The van der Waals surface area contributed by atoms with Crippen LogP contribution < -0.4 is 5.14 Å². The van der Waals surface area contributed by atoms with Crippen LogP contribution >= 0.6 is 0 Å². The third-order valence-corrected chi connectivity index (χ3v) is 4.74. The highest BCUT2D eigenvalue weighted by atomic mass is 32.2. The van der Waals surface area contributed by atoms with Crippen molar-refractivity contribution in [1.29, 1.82) is 0 Å². The van der Waals surface area contributed by atoms with Crippen LogP contribution in [0.1, 0.15) is 11.5 Å². The van der Waals surface area contributed by atoms with Crippen LogP contribution in [0.4, 0.5) is 22.0 Å². The van der Waals surface area contributed by atoms with Gasteiger partial charge in [0.05, 0.1) is 5.56 Å². The standard InChI is InChI=1S/C16H10F5N3O3S/c1-7-9(3-2-4-23-7)13-12(15(27-24-13)16(19,20)21)8-5-10(17)14(11(18)6-8)28(22,25)26/h2-6H,1H3,(H2,22,25,26). The molecule has 1 aromatic carbocycles. The summed E-state index contributed by atoms with van der Waals surface area (Å²) in [5.41, 5.74) is -1.34. The van der Waals surface area contributed by atoms with Crippen LogP contribution in [-0.2, 0) is 16.2 Å². The van der Waals surface area contributed by atoms with Crippen molar-refractivity contribution in [1.82, 2.24) is 10.1 Å². The highest BCUT2D eigenvalue weighted by Crippen LogP contribution is 2.43. The van der Waals surface area contributed by atoms with E-state index >= 15 is 0 Å². The van der Waals surface area contributed by atoms with Crippen molar-refractivity contribution in [2.75, 3.05) is 0 Å². The minimum Gasteiger partial charge on any atom is -0.350 e. The van der Waals surface area contributed by atoms with Gasteiger partial charge in [-0.25, -0.2) is 22.3 Å². The Bertz CT molecular complexity index is 1150. The van der Waals surface area contributed by atoms with Crippen LogP contribution in [0.5, 0.6) is 0 Å². The van der Waals surface area contributed by atoms with E-state index in [0.29, 0.717) is 12.1 Å². The Morgan fingerprint density at radius 2 is 1.75 bits per heavy atom. The Labute approximate surface area is 154 Å². The summed E-state index contributed by atoms with van der Waals surface area (Å²) < 4.78 is 95.6. The molecule has 3 aromatic rings. The van der Waals surface area contributed by atoms with Gasteiger partial charge in [0, 0.05) is 17.5 Å². The number of rotatable bonds is 3. The summed E-state index contributed by atoms with van der Waals surface area (Å²) in [7, 11) is -4.78. The molecule has 0 radical (unpaired) electrons. The number of hydrogen-bond donors (Lipinski definition) is 1. The second kappa shape index (κ2) is 6.63. The molecular weight excluding hydrogens is 409 g/mol. The molecule has 148 valence electrons. The molecule has 0 bridgehead atoms. The van der Waals surface area contributed by atoms with Gasteiger partial charge in [-0.1, -0.05) is 5.16 Å². The number of benzene rings is 1. The lowest BCUT2D eigenvalue weighted by atomic mass is 9.98. The topological polar surface area (TPSA) is 99.1 Å². The molecule has 0 aliphatic rings. The Kier molecular flexibility index (Phi) is 4.71. The van der Waals surface area contributed by atoms with E-state index in [1.165, 1.54) is 25.3 Å². The van der Waals surface area contributed by atoms with Gasteiger partial charge >= 0.3 is 6.18 Å². The molecule has 0 spiro atoms. The molecule has 0 fully saturated rings. The molecule has 2 N–H and O–H groups in total. The normalized spacial score (nSPS) is 12.4. The Balaban J connectivity index is 2.36. The van der Waals surface area contributed by atoms with E-state index in [-0.39, 0.29) is 17.0 Å². The van der Waals surface area contributed by atoms with Crippen molar-refractivity contribution in [2.24, 2.45) is 5.14 Å². The van der Waals surface area contributed by atoms with Crippen molar-refractivity contribution in [3.8, 4) is 22.4 Å². The van der Waals surface area contributed by atoms with Gasteiger partial charge in [-0.05, 0) is 36.8 Å². The summed E-state index contributed by atoms with van der Waals surface area (Å²) in [4.78, 5) is 2.48. The average molecular weight is 419 g/mol. The van der Waals surface area contributed by atoms with Gasteiger partial charge in [0.25, 0.3) is 0 Å².